The van der Waals surface area contributed by atoms with Gasteiger partial charge < -0.3 is 30.1 Å². The molecule has 0 aliphatic heterocycles. The average molecular weight is 540 g/mol. The summed E-state index contributed by atoms with van der Waals surface area (Å²) in [5.74, 6) is -2.22. The van der Waals surface area contributed by atoms with Gasteiger partial charge in [0, 0.05) is 18.5 Å². The lowest BCUT2D eigenvalue weighted by Crippen LogP contribution is -2.54. The van der Waals surface area contributed by atoms with E-state index in [9.17, 15) is 24.3 Å². The molecule has 0 saturated carbocycles. The van der Waals surface area contributed by atoms with Crippen LogP contribution in [0.2, 0.25) is 0 Å². The molecule has 0 aliphatic rings. The number of nitrogens with one attached hydrogen (secondary N) is 2. The van der Waals surface area contributed by atoms with Crippen molar-refractivity contribution in [3.05, 3.63) is 77.9 Å². The van der Waals surface area contributed by atoms with Crippen LogP contribution in [0.5, 0.6) is 5.75 Å². The highest BCUT2D eigenvalue weighted by molar-refractivity contribution is 5.94. The minimum atomic E-state index is -1.36. The van der Waals surface area contributed by atoms with E-state index in [0.29, 0.717) is 5.56 Å². The van der Waals surface area contributed by atoms with Gasteiger partial charge in [-0.2, -0.15) is 0 Å². The maximum atomic E-state index is 14.1. The molecule has 0 bridgehead atoms. The first-order valence-corrected chi connectivity index (χ1v) is 12.5. The predicted octanol–water partition coefficient (Wildman–Crippen LogP) is 3.18. The molecule has 2 aromatic carbocycles. The molecule has 0 radical (unpaired) electrons. The molecular formula is C29H37N3O7. The zero-order chi connectivity index (χ0) is 29.2. The van der Waals surface area contributed by atoms with Gasteiger partial charge >= 0.3 is 12.1 Å². The van der Waals surface area contributed by atoms with Crippen molar-refractivity contribution < 1.29 is 33.8 Å². The molecule has 39 heavy (non-hydrogen) atoms. The topological polar surface area (TPSA) is 134 Å². The number of carbonyl (C=O) groups is 4. The lowest BCUT2D eigenvalue weighted by Gasteiger charge is -2.34. The number of esters is 1. The number of alkyl carbamates (subject to hydrolysis) is 1. The average Bonchev–Trinajstić information content (AvgIpc) is 2.88. The fourth-order valence-electron chi connectivity index (χ4n) is 3.84. The number of phenols is 1. The van der Waals surface area contributed by atoms with Crippen molar-refractivity contribution >= 4 is 23.9 Å². The smallest absolute Gasteiger partial charge is 0.408 e. The number of amides is 3. The minimum Gasteiger partial charge on any atom is -0.507 e. The van der Waals surface area contributed by atoms with Crippen LogP contribution in [0, 0.1) is 6.92 Å². The standard InChI is InChI=1S/C29H37N3O7/c1-7-16-32(24(26(35)30-18-23(33)38-6)21-15-11-12-19(2)25(21)34)27(36)22(17-20-13-9-8-10-14-20)31-28(37)39-29(3,4)5/h7-15,22,24,34H,1,16-18H2,2-6H3,(H,30,35)(H,31,37). The summed E-state index contributed by atoms with van der Waals surface area (Å²) >= 11 is 0. The van der Waals surface area contributed by atoms with Crippen LogP contribution in [0.1, 0.15) is 43.5 Å². The predicted molar refractivity (Wildman–Crippen MR) is 146 cm³/mol. The normalized spacial score (nSPS) is 12.4. The summed E-state index contributed by atoms with van der Waals surface area (Å²) in [4.78, 5) is 53.2. The lowest BCUT2D eigenvalue weighted by molar-refractivity contribution is -0.144. The Bertz CT molecular complexity index is 1180. The fourth-order valence-corrected chi connectivity index (χ4v) is 3.84. The van der Waals surface area contributed by atoms with Gasteiger partial charge in [-0.3, -0.25) is 14.4 Å². The quantitative estimate of drug-likeness (QED) is 0.295. The number of benzene rings is 2. The number of hydrogen-bond donors (Lipinski definition) is 3. The highest BCUT2D eigenvalue weighted by atomic mass is 16.6. The van der Waals surface area contributed by atoms with Gasteiger partial charge in [0.1, 0.15) is 30.0 Å². The Morgan fingerprint density at radius 1 is 1.08 bits per heavy atom. The Hall–Kier alpha value is -4.34. The van der Waals surface area contributed by atoms with Gasteiger partial charge in [0.2, 0.25) is 11.8 Å². The van der Waals surface area contributed by atoms with Crippen LogP contribution in [-0.2, 0) is 30.3 Å². The Labute approximate surface area is 229 Å². The first kappa shape index (κ1) is 30.9. The highest BCUT2D eigenvalue weighted by Gasteiger charge is 2.37. The fraction of sp³-hybridized carbons (Fsp3) is 0.379. The largest absolute Gasteiger partial charge is 0.507 e. The molecular weight excluding hydrogens is 502 g/mol. The van der Waals surface area contributed by atoms with Crippen molar-refractivity contribution in [2.75, 3.05) is 20.2 Å². The van der Waals surface area contributed by atoms with E-state index < -0.39 is 48.1 Å². The minimum absolute atomic E-state index is 0.100. The van der Waals surface area contributed by atoms with Crippen LogP contribution in [0.25, 0.3) is 0 Å². The number of nitrogens with zero attached hydrogens (tertiary/aromatic N) is 1. The second-order valence-corrected chi connectivity index (χ2v) is 9.88. The molecule has 210 valence electrons. The summed E-state index contributed by atoms with van der Waals surface area (Å²) in [7, 11) is 1.18. The summed E-state index contributed by atoms with van der Waals surface area (Å²) in [6.45, 7) is 9.93. The van der Waals surface area contributed by atoms with Gasteiger partial charge in [-0.05, 0) is 38.8 Å². The maximum Gasteiger partial charge on any atom is 0.408 e. The van der Waals surface area contributed by atoms with Gasteiger partial charge in [0.15, 0.2) is 0 Å². The number of phenolic OH excluding ortho intramolecular Hbond substituents is 1. The molecule has 0 heterocycles. The molecule has 0 fully saturated rings. The molecule has 3 amide bonds. The van der Waals surface area contributed by atoms with Gasteiger partial charge in [-0.15, -0.1) is 6.58 Å². The van der Waals surface area contributed by atoms with Crippen molar-refractivity contribution in [2.45, 2.75) is 51.8 Å². The van der Waals surface area contributed by atoms with E-state index >= 15 is 0 Å². The van der Waals surface area contributed by atoms with Gasteiger partial charge in [0.25, 0.3) is 0 Å². The molecule has 0 saturated heterocycles. The van der Waals surface area contributed by atoms with Crippen LogP contribution in [-0.4, -0.2) is 65.7 Å². The van der Waals surface area contributed by atoms with Gasteiger partial charge in [-0.25, -0.2) is 4.79 Å². The Morgan fingerprint density at radius 2 is 1.74 bits per heavy atom. The zero-order valence-corrected chi connectivity index (χ0v) is 23.0. The van der Waals surface area contributed by atoms with Crippen molar-refractivity contribution in [3.8, 4) is 5.75 Å². The van der Waals surface area contributed by atoms with E-state index in [0.717, 1.165) is 5.56 Å². The second kappa shape index (κ2) is 14.0. The molecule has 0 spiro atoms. The van der Waals surface area contributed by atoms with E-state index in [1.165, 1.54) is 24.2 Å². The molecule has 10 heteroatoms. The van der Waals surface area contributed by atoms with E-state index in [-0.39, 0.29) is 24.3 Å². The molecule has 10 nitrogen and oxygen atoms in total. The highest BCUT2D eigenvalue weighted by Crippen LogP contribution is 2.32. The summed E-state index contributed by atoms with van der Waals surface area (Å²) in [5, 5.41) is 16.0. The number of rotatable bonds is 11. The van der Waals surface area contributed by atoms with Gasteiger partial charge in [0.05, 0.1) is 7.11 Å². The zero-order valence-electron chi connectivity index (χ0n) is 23.0. The summed E-state index contributed by atoms with van der Waals surface area (Å²) in [6.07, 6.45) is 0.724. The van der Waals surface area contributed by atoms with Crippen LogP contribution < -0.4 is 10.6 Å². The monoisotopic (exact) mass is 539 g/mol. The molecule has 2 atom stereocenters. The van der Waals surface area contributed by atoms with Crippen LogP contribution in [0.4, 0.5) is 4.79 Å². The van der Waals surface area contributed by atoms with Crippen molar-refractivity contribution in [1.29, 1.82) is 0 Å². The maximum absolute atomic E-state index is 14.1. The Balaban J connectivity index is 2.56. The number of methoxy groups -OCH3 is 1. The van der Waals surface area contributed by atoms with Crippen molar-refractivity contribution in [3.63, 3.8) is 0 Å². The van der Waals surface area contributed by atoms with E-state index in [2.05, 4.69) is 21.9 Å². The Kier molecular flexibility index (Phi) is 11.1. The molecule has 2 aromatic rings. The molecule has 2 unspecified atom stereocenters. The van der Waals surface area contributed by atoms with Crippen LogP contribution in [0.15, 0.2) is 61.2 Å². The van der Waals surface area contributed by atoms with E-state index in [1.807, 2.05) is 18.2 Å². The summed E-state index contributed by atoms with van der Waals surface area (Å²) < 4.78 is 10.0. The molecule has 3 N–H and O–H groups in total. The third-order valence-corrected chi connectivity index (χ3v) is 5.64. The molecule has 0 aliphatic carbocycles. The summed E-state index contributed by atoms with van der Waals surface area (Å²) in [6, 6.07) is 11.4. The van der Waals surface area contributed by atoms with E-state index in [1.54, 1.807) is 52.0 Å². The SMILES string of the molecule is C=CCN(C(=O)C(Cc1ccccc1)NC(=O)OC(C)(C)C)C(C(=O)NCC(=O)OC)c1cccc(C)c1O. The third-order valence-electron chi connectivity index (χ3n) is 5.64. The van der Waals surface area contributed by atoms with Crippen molar-refractivity contribution in [1.82, 2.24) is 15.5 Å². The number of aromatic hydroxyl groups is 1. The summed E-state index contributed by atoms with van der Waals surface area (Å²) in [5.41, 5.74) is 0.574. The Morgan fingerprint density at radius 3 is 2.33 bits per heavy atom. The second-order valence-electron chi connectivity index (χ2n) is 9.88. The molecule has 2 rings (SSSR count). The number of ether oxygens (including phenoxy) is 2. The van der Waals surface area contributed by atoms with Crippen LogP contribution in [0.3, 0.4) is 0 Å². The van der Waals surface area contributed by atoms with Crippen LogP contribution >= 0.6 is 0 Å². The van der Waals surface area contributed by atoms with Crippen molar-refractivity contribution in [2.24, 2.45) is 0 Å². The van der Waals surface area contributed by atoms with Gasteiger partial charge in [-0.1, -0.05) is 54.6 Å². The molecule has 0 aromatic heterocycles. The van der Waals surface area contributed by atoms with E-state index in [4.69, 9.17) is 4.74 Å². The number of carbonyl (C=O) groups excluding carboxylic acids is 4. The number of aryl methyl sites for hydroxylation is 1. The lowest BCUT2D eigenvalue weighted by atomic mass is 9.98. The number of hydrogen-bond acceptors (Lipinski definition) is 7. The number of para-hydroxylation sites is 1. The first-order chi connectivity index (χ1) is 18.4. The third kappa shape index (κ3) is 9.17. The first-order valence-electron chi connectivity index (χ1n) is 12.5.